The minimum Gasteiger partial charge on any atom is -0.382 e. The largest absolute Gasteiger partial charge is 0.382 e. The molecule has 2 heterocycles. The molecule has 2 aromatic heterocycles. The molecule has 158 valence electrons. The van der Waals surface area contributed by atoms with Gasteiger partial charge in [0.1, 0.15) is 21.4 Å². The number of thiazole rings is 2. The van der Waals surface area contributed by atoms with Crippen molar-refractivity contribution in [3.05, 3.63) is 65.7 Å². The van der Waals surface area contributed by atoms with Crippen molar-refractivity contribution in [2.75, 3.05) is 16.4 Å². The second-order valence-electron chi connectivity index (χ2n) is 6.29. The van der Waals surface area contributed by atoms with Crippen molar-refractivity contribution in [1.82, 2.24) is 9.97 Å². The van der Waals surface area contributed by atoms with Crippen molar-refractivity contribution in [2.24, 2.45) is 5.14 Å². The number of aromatic nitrogens is 2. The van der Waals surface area contributed by atoms with Gasteiger partial charge in [0.2, 0.25) is 10.0 Å². The third-order valence-electron chi connectivity index (χ3n) is 4.05. The number of primary sulfonamides is 1. The zero-order valence-electron chi connectivity index (χ0n) is 15.8. The van der Waals surface area contributed by atoms with Crippen LogP contribution in [0.25, 0.3) is 9.88 Å². The molecule has 6 N–H and O–H groups in total. The molecule has 9 nitrogen and oxygen atoms in total. The zero-order valence-corrected chi connectivity index (χ0v) is 18.2. The number of para-hydroxylation sites is 1. The molecule has 0 aliphatic heterocycles. The van der Waals surface area contributed by atoms with E-state index in [0.717, 1.165) is 0 Å². The predicted molar refractivity (Wildman–Crippen MR) is 123 cm³/mol. The summed E-state index contributed by atoms with van der Waals surface area (Å²) in [5.74, 6) is -0.0388. The van der Waals surface area contributed by atoms with Gasteiger partial charge in [-0.15, -0.1) is 11.3 Å². The fourth-order valence-electron chi connectivity index (χ4n) is 2.59. The van der Waals surface area contributed by atoms with Crippen LogP contribution in [-0.2, 0) is 10.0 Å². The lowest BCUT2D eigenvalue weighted by Crippen LogP contribution is -2.12. The van der Waals surface area contributed by atoms with Crippen molar-refractivity contribution in [2.45, 2.75) is 4.90 Å². The molecule has 0 fully saturated rings. The Kier molecular flexibility index (Phi) is 5.69. The summed E-state index contributed by atoms with van der Waals surface area (Å²) in [7, 11) is -3.76. The highest BCUT2D eigenvalue weighted by Gasteiger charge is 2.17. The van der Waals surface area contributed by atoms with Gasteiger partial charge in [-0.2, -0.15) is 0 Å². The van der Waals surface area contributed by atoms with Gasteiger partial charge in [0.05, 0.1) is 4.90 Å². The summed E-state index contributed by atoms with van der Waals surface area (Å²) in [6.07, 6.45) is 0. The van der Waals surface area contributed by atoms with Crippen LogP contribution in [0, 0.1) is 0 Å². The minimum absolute atomic E-state index is 0.0153. The van der Waals surface area contributed by atoms with E-state index >= 15 is 0 Å². The number of nitrogen functional groups attached to an aromatic ring is 1. The summed E-state index contributed by atoms with van der Waals surface area (Å²) < 4.78 is 22.7. The maximum absolute atomic E-state index is 12.4. The fourth-order valence-corrected chi connectivity index (χ4v) is 4.91. The van der Waals surface area contributed by atoms with E-state index < -0.39 is 10.0 Å². The van der Waals surface area contributed by atoms with Gasteiger partial charge in [0, 0.05) is 16.8 Å². The summed E-state index contributed by atoms with van der Waals surface area (Å²) in [5, 5.41) is 13.7. The molecular weight excluding hydrogens is 456 g/mol. The summed E-state index contributed by atoms with van der Waals surface area (Å²) >= 11 is 2.56. The Morgan fingerprint density at radius 2 is 1.68 bits per heavy atom. The van der Waals surface area contributed by atoms with Crippen LogP contribution in [0.5, 0.6) is 0 Å². The van der Waals surface area contributed by atoms with Gasteiger partial charge < -0.3 is 16.4 Å². The monoisotopic (exact) mass is 472 g/mol. The van der Waals surface area contributed by atoms with Crippen LogP contribution in [0.3, 0.4) is 0 Å². The van der Waals surface area contributed by atoms with Gasteiger partial charge in [0.15, 0.2) is 5.13 Å². The number of nitrogens with zero attached hydrogens (tertiary/aromatic N) is 2. The van der Waals surface area contributed by atoms with Crippen molar-refractivity contribution in [3.63, 3.8) is 0 Å². The van der Waals surface area contributed by atoms with Crippen LogP contribution in [0.2, 0.25) is 0 Å². The number of hydrogen-bond acceptors (Lipinski definition) is 9. The first-order chi connectivity index (χ1) is 14.8. The second-order valence-corrected chi connectivity index (χ2v) is 9.70. The molecule has 1 amide bonds. The molecule has 0 bridgehead atoms. The standard InChI is InChI=1S/C19H16N6O3S3/c20-16-15(18-24-14(10-29-18)17(26)22-11-4-2-1-3-5-11)30-19(25-16)23-12-6-8-13(9-7-12)31(21,27)28/h1-10H,20H2,(H,22,26)(H,23,25)(H2,21,27,28). The number of amides is 1. The zero-order chi connectivity index (χ0) is 22.0. The van der Waals surface area contributed by atoms with E-state index in [0.29, 0.717) is 26.4 Å². The Morgan fingerprint density at radius 3 is 2.35 bits per heavy atom. The van der Waals surface area contributed by atoms with Crippen molar-refractivity contribution >= 4 is 60.9 Å². The smallest absolute Gasteiger partial charge is 0.275 e. The number of rotatable bonds is 6. The lowest BCUT2D eigenvalue weighted by atomic mass is 10.3. The van der Waals surface area contributed by atoms with Crippen LogP contribution in [0.15, 0.2) is 64.9 Å². The van der Waals surface area contributed by atoms with Gasteiger partial charge in [-0.25, -0.2) is 23.5 Å². The first-order valence-corrected chi connectivity index (χ1v) is 12.0. The first-order valence-electron chi connectivity index (χ1n) is 8.78. The molecule has 4 aromatic rings. The number of carbonyl (C=O) groups is 1. The first kappa shape index (κ1) is 20.9. The lowest BCUT2D eigenvalue weighted by Gasteiger charge is -2.03. The molecule has 0 unspecified atom stereocenters. The number of benzene rings is 2. The molecule has 0 atom stereocenters. The van der Waals surface area contributed by atoms with Crippen LogP contribution >= 0.6 is 22.7 Å². The Morgan fingerprint density at radius 1 is 0.968 bits per heavy atom. The molecule has 0 spiro atoms. The minimum atomic E-state index is -3.76. The molecule has 0 saturated heterocycles. The van der Waals surface area contributed by atoms with E-state index in [9.17, 15) is 13.2 Å². The van der Waals surface area contributed by atoms with Gasteiger partial charge in [-0.05, 0) is 36.4 Å². The van der Waals surface area contributed by atoms with E-state index in [1.165, 1.54) is 34.8 Å². The average Bonchev–Trinajstić information content (AvgIpc) is 3.35. The topological polar surface area (TPSA) is 153 Å². The summed E-state index contributed by atoms with van der Waals surface area (Å²) in [6.45, 7) is 0. The number of carbonyl (C=O) groups excluding carboxylic acids is 1. The third-order valence-corrected chi connectivity index (χ3v) is 6.96. The number of nitrogens with one attached hydrogen (secondary N) is 2. The maximum Gasteiger partial charge on any atom is 0.275 e. The molecule has 0 radical (unpaired) electrons. The van der Waals surface area contributed by atoms with Crippen LogP contribution in [0.4, 0.5) is 22.3 Å². The molecule has 0 saturated carbocycles. The van der Waals surface area contributed by atoms with Gasteiger partial charge in [0.25, 0.3) is 5.91 Å². The molecule has 12 heteroatoms. The molecule has 0 aliphatic carbocycles. The summed E-state index contributed by atoms with van der Waals surface area (Å²) in [4.78, 5) is 21.7. The molecular formula is C19H16N6O3S3. The van der Waals surface area contributed by atoms with E-state index in [2.05, 4.69) is 20.6 Å². The highest BCUT2D eigenvalue weighted by molar-refractivity contribution is 7.89. The molecule has 0 aliphatic rings. The second kappa shape index (κ2) is 8.43. The Bertz CT molecular complexity index is 1330. The number of sulfonamides is 1. The van der Waals surface area contributed by atoms with Gasteiger partial charge >= 0.3 is 0 Å². The third kappa shape index (κ3) is 4.88. The highest BCUT2D eigenvalue weighted by Crippen LogP contribution is 2.37. The quantitative estimate of drug-likeness (QED) is 0.335. The number of hydrogen-bond donors (Lipinski definition) is 4. The van der Waals surface area contributed by atoms with E-state index in [-0.39, 0.29) is 22.3 Å². The van der Waals surface area contributed by atoms with Crippen LogP contribution in [0.1, 0.15) is 10.5 Å². The fraction of sp³-hybridized carbons (Fsp3) is 0. The molecule has 31 heavy (non-hydrogen) atoms. The highest BCUT2D eigenvalue weighted by atomic mass is 32.2. The predicted octanol–water partition coefficient (Wildman–Crippen LogP) is 3.49. The van der Waals surface area contributed by atoms with Crippen LogP contribution in [-0.4, -0.2) is 24.3 Å². The van der Waals surface area contributed by atoms with E-state index in [1.807, 2.05) is 18.2 Å². The van der Waals surface area contributed by atoms with E-state index in [4.69, 9.17) is 10.9 Å². The average molecular weight is 473 g/mol. The van der Waals surface area contributed by atoms with E-state index in [1.54, 1.807) is 29.6 Å². The number of anilines is 4. The Labute approximate surface area is 185 Å². The SMILES string of the molecule is Nc1nc(Nc2ccc(S(N)(=O)=O)cc2)sc1-c1nc(C(=O)Nc2ccccc2)cs1. The Balaban J connectivity index is 1.50. The van der Waals surface area contributed by atoms with Crippen molar-refractivity contribution < 1.29 is 13.2 Å². The van der Waals surface area contributed by atoms with Crippen molar-refractivity contribution in [1.29, 1.82) is 0 Å². The summed E-state index contributed by atoms with van der Waals surface area (Å²) in [6, 6.07) is 15.1. The normalized spacial score (nSPS) is 11.3. The molecule has 4 rings (SSSR count). The Hall–Kier alpha value is -3.32. The van der Waals surface area contributed by atoms with Gasteiger partial charge in [-0.3, -0.25) is 4.79 Å². The maximum atomic E-state index is 12.4. The summed E-state index contributed by atoms with van der Waals surface area (Å²) in [5.41, 5.74) is 7.63. The van der Waals surface area contributed by atoms with Gasteiger partial charge in [-0.1, -0.05) is 29.5 Å². The molecule has 2 aromatic carbocycles. The lowest BCUT2D eigenvalue weighted by molar-refractivity contribution is 0.102. The number of nitrogens with two attached hydrogens (primary N) is 2. The van der Waals surface area contributed by atoms with Crippen molar-refractivity contribution in [3.8, 4) is 9.88 Å². The van der Waals surface area contributed by atoms with Crippen LogP contribution < -0.4 is 21.5 Å².